The van der Waals surface area contributed by atoms with Gasteiger partial charge in [-0.05, 0) is 36.3 Å². The van der Waals surface area contributed by atoms with E-state index in [4.69, 9.17) is 4.42 Å². The fourth-order valence-corrected chi connectivity index (χ4v) is 2.92. The highest BCUT2D eigenvalue weighted by Gasteiger charge is 2.07. The van der Waals surface area contributed by atoms with Gasteiger partial charge in [0.1, 0.15) is 5.52 Å². The highest BCUT2D eigenvalue weighted by Crippen LogP contribution is 2.15. The Labute approximate surface area is 159 Å². The number of oxazole rings is 1. The summed E-state index contributed by atoms with van der Waals surface area (Å²) in [6.45, 7) is 7.70. The Kier molecular flexibility index (Phi) is 6.39. The maximum Gasteiger partial charge on any atom is 0.244 e. The molecule has 5 nitrogen and oxygen atoms in total. The highest BCUT2D eigenvalue weighted by atomic mass is 16.3. The predicted octanol–water partition coefficient (Wildman–Crippen LogP) is 4.00. The average molecular weight is 363 g/mol. The van der Waals surface area contributed by atoms with Gasteiger partial charge < -0.3 is 9.73 Å². The van der Waals surface area contributed by atoms with Crippen LogP contribution in [0.5, 0.6) is 0 Å². The molecule has 0 unspecified atom stereocenters. The maximum atomic E-state index is 12.2. The van der Waals surface area contributed by atoms with Crippen molar-refractivity contribution in [1.29, 1.82) is 0 Å². The molecule has 0 saturated heterocycles. The monoisotopic (exact) mass is 363 g/mol. The molecule has 0 bridgehead atoms. The first-order valence-electron chi connectivity index (χ1n) is 9.30. The summed E-state index contributed by atoms with van der Waals surface area (Å²) in [5.74, 6) is 0.253. The number of benzene rings is 2. The van der Waals surface area contributed by atoms with E-state index in [0.717, 1.165) is 30.7 Å². The van der Waals surface area contributed by atoms with Gasteiger partial charge in [-0.15, -0.1) is 0 Å². The van der Waals surface area contributed by atoms with Gasteiger partial charge in [-0.25, -0.2) is 4.98 Å². The summed E-state index contributed by atoms with van der Waals surface area (Å²) in [4.78, 5) is 18.9. The number of rotatable bonds is 8. The molecule has 0 spiro atoms. The van der Waals surface area contributed by atoms with Crippen LogP contribution in [0.3, 0.4) is 0 Å². The molecule has 0 fully saturated rings. The minimum absolute atomic E-state index is 0.171. The van der Waals surface area contributed by atoms with Crippen LogP contribution in [0.2, 0.25) is 0 Å². The lowest BCUT2D eigenvalue weighted by Gasteiger charge is -2.20. The standard InChI is InChI=1S/C22H25N3O2/c1-3-25(4-2)16-18-10-6-5-9-17(18)15-23-21(26)13-14-22-24-19-11-7-8-12-20(19)27-22/h5-14H,3-4,15-16H2,1-2H3,(H,23,26)/b14-13+. The third-order valence-corrected chi connectivity index (χ3v) is 4.55. The van der Waals surface area contributed by atoms with E-state index < -0.39 is 0 Å². The lowest BCUT2D eigenvalue weighted by molar-refractivity contribution is -0.116. The van der Waals surface area contributed by atoms with Crippen molar-refractivity contribution in [2.45, 2.75) is 26.9 Å². The van der Waals surface area contributed by atoms with Crippen LogP contribution in [0.15, 0.2) is 59.0 Å². The molecule has 0 saturated carbocycles. The molecule has 27 heavy (non-hydrogen) atoms. The number of fused-ring (bicyclic) bond motifs is 1. The van der Waals surface area contributed by atoms with Crippen LogP contribution < -0.4 is 5.32 Å². The lowest BCUT2D eigenvalue weighted by Crippen LogP contribution is -2.25. The van der Waals surface area contributed by atoms with Crippen molar-refractivity contribution in [3.8, 4) is 0 Å². The zero-order valence-electron chi connectivity index (χ0n) is 15.8. The van der Waals surface area contributed by atoms with Crippen LogP contribution in [0.25, 0.3) is 17.2 Å². The van der Waals surface area contributed by atoms with Crippen molar-refractivity contribution in [3.05, 3.63) is 71.6 Å². The predicted molar refractivity (Wildman–Crippen MR) is 108 cm³/mol. The van der Waals surface area contributed by atoms with Crippen molar-refractivity contribution in [3.63, 3.8) is 0 Å². The zero-order valence-corrected chi connectivity index (χ0v) is 15.8. The summed E-state index contributed by atoms with van der Waals surface area (Å²) < 4.78 is 5.59. The van der Waals surface area contributed by atoms with Gasteiger partial charge >= 0.3 is 0 Å². The fraction of sp³-hybridized carbons (Fsp3) is 0.273. The second-order valence-electron chi connectivity index (χ2n) is 6.30. The average Bonchev–Trinajstić information content (AvgIpc) is 3.12. The summed E-state index contributed by atoms with van der Waals surface area (Å²) in [5.41, 5.74) is 3.86. The van der Waals surface area contributed by atoms with E-state index >= 15 is 0 Å². The minimum Gasteiger partial charge on any atom is -0.437 e. The second kappa shape index (κ2) is 9.14. The number of hydrogen-bond donors (Lipinski definition) is 1. The Morgan fingerprint density at radius 1 is 1.07 bits per heavy atom. The minimum atomic E-state index is -0.171. The largest absolute Gasteiger partial charge is 0.437 e. The Morgan fingerprint density at radius 3 is 2.52 bits per heavy atom. The Hall–Kier alpha value is -2.92. The van der Waals surface area contributed by atoms with E-state index in [-0.39, 0.29) is 5.91 Å². The topological polar surface area (TPSA) is 58.4 Å². The molecule has 3 aromatic rings. The number of nitrogens with one attached hydrogen (secondary N) is 1. The first-order valence-corrected chi connectivity index (χ1v) is 9.30. The molecule has 1 amide bonds. The summed E-state index contributed by atoms with van der Waals surface area (Å²) >= 11 is 0. The van der Waals surface area contributed by atoms with E-state index in [1.165, 1.54) is 11.6 Å². The van der Waals surface area contributed by atoms with Crippen LogP contribution in [-0.2, 0) is 17.9 Å². The van der Waals surface area contributed by atoms with Crippen molar-refractivity contribution in [1.82, 2.24) is 15.2 Å². The second-order valence-corrected chi connectivity index (χ2v) is 6.30. The highest BCUT2D eigenvalue weighted by molar-refractivity contribution is 5.91. The molecule has 1 aromatic heterocycles. The fourth-order valence-electron chi connectivity index (χ4n) is 2.92. The van der Waals surface area contributed by atoms with E-state index in [0.29, 0.717) is 18.0 Å². The SMILES string of the molecule is CCN(CC)Cc1ccccc1CNC(=O)/C=C/c1nc2ccccc2o1. The van der Waals surface area contributed by atoms with Crippen molar-refractivity contribution < 1.29 is 9.21 Å². The molecule has 1 N–H and O–H groups in total. The molecule has 3 rings (SSSR count). The molecule has 0 atom stereocenters. The summed E-state index contributed by atoms with van der Waals surface area (Å²) in [7, 11) is 0. The number of carbonyl (C=O) groups excluding carboxylic acids is 1. The molecule has 0 radical (unpaired) electrons. The van der Waals surface area contributed by atoms with E-state index in [9.17, 15) is 4.79 Å². The van der Waals surface area contributed by atoms with E-state index in [2.05, 4.69) is 41.2 Å². The molecular weight excluding hydrogens is 338 g/mol. The number of nitrogens with zero attached hydrogens (tertiary/aromatic N) is 2. The van der Waals surface area contributed by atoms with Gasteiger partial charge in [-0.2, -0.15) is 0 Å². The Balaban J connectivity index is 1.60. The molecule has 1 heterocycles. The summed E-state index contributed by atoms with van der Waals surface area (Å²) in [5, 5.41) is 2.94. The summed E-state index contributed by atoms with van der Waals surface area (Å²) in [6.07, 6.45) is 3.05. The first kappa shape index (κ1) is 18.9. The number of para-hydroxylation sites is 2. The number of carbonyl (C=O) groups is 1. The molecule has 0 aliphatic carbocycles. The van der Waals surface area contributed by atoms with E-state index in [1.807, 2.05) is 36.4 Å². The molecule has 0 aliphatic rings. The molecule has 5 heteroatoms. The van der Waals surface area contributed by atoms with Gasteiger partial charge in [0.05, 0.1) is 0 Å². The number of aromatic nitrogens is 1. The molecule has 0 aliphatic heterocycles. The quantitative estimate of drug-likeness (QED) is 0.615. The lowest BCUT2D eigenvalue weighted by atomic mass is 10.1. The third kappa shape index (κ3) is 5.05. The Morgan fingerprint density at radius 2 is 1.78 bits per heavy atom. The van der Waals surface area contributed by atoms with Gasteiger partial charge in [0.2, 0.25) is 11.8 Å². The van der Waals surface area contributed by atoms with Gasteiger partial charge in [-0.1, -0.05) is 50.2 Å². The number of amides is 1. The van der Waals surface area contributed by atoms with Gasteiger partial charge in [-0.3, -0.25) is 9.69 Å². The van der Waals surface area contributed by atoms with Crippen molar-refractivity contribution >= 4 is 23.1 Å². The molecule has 140 valence electrons. The maximum absolute atomic E-state index is 12.2. The van der Waals surface area contributed by atoms with Gasteiger partial charge in [0, 0.05) is 25.2 Å². The van der Waals surface area contributed by atoms with Crippen LogP contribution >= 0.6 is 0 Å². The molecular formula is C22H25N3O2. The molecule has 2 aromatic carbocycles. The van der Waals surface area contributed by atoms with E-state index in [1.54, 1.807) is 6.08 Å². The van der Waals surface area contributed by atoms with Crippen LogP contribution in [0.1, 0.15) is 30.9 Å². The number of hydrogen-bond acceptors (Lipinski definition) is 4. The Bertz CT molecular complexity index is 893. The van der Waals surface area contributed by atoms with Crippen LogP contribution in [0.4, 0.5) is 0 Å². The first-order chi connectivity index (χ1) is 13.2. The van der Waals surface area contributed by atoms with Gasteiger partial charge in [0.15, 0.2) is 5.58 Å². The van der Waals surface area contributed by atoms with Crippen molar-refractivity contribution in [2.24, 2.45) is 0 Å². The van der Waals surface area contributed by atoms with Gasteiger partial charge in [0.25, 0.3) is 0 Å². The normalized spacial score (nSPS) is 11.5. The summed E-state index contributed by atoms with van der Waals surface area (Å²) in [6, 6.07) is 15.7. The van der Waals surface area contributed by atoms with Crippen LogP contribution in [-0.4, -0.2) is 28.9 Å². The smallest absolute Gasteiger partial charge is 0.244 e. The zero-order chi connectivity index (χ0) is 19.1. The van der Waals surface area contributed by atoms with Crippen molar-refractivity contribution in [2.75, 3.05) is 13.1 Å². The van der Waals surface area contributed by atoms with Crippen LogP contribution in [0, 0.1) is 0 Å². The third-order valence-electron chi connectivity index (χ3n) is 4.55.